The first-order chi connectivity index (χ1) is 10.6. The second-order valence-corrected chi connectivity index (χ2v) is 7.74. The molecule has 122 valence electrons. The van der Waals surface area contributed by atoms with Crippen molar-refractivity contribution in [1.82, 2.24) is 14.8 Å². The summed E-state index contributed by atoms with van der Waals surface area (Å²) in [5.41, 5.74) is 2.99. The van der Waals surface area contributed by atoms with Crippen LogP contribution in [0.1, 0.15) is 60.8 Å². The number of carbonyl (C=O) groups is 1. The van der Waals surface area contributed by atoms with E-state index in [0.717, 1.165) is 30.1 Å². The van der Waals surface area contributed by atoms with Crippen molar-refractivity contribution in [3.63, 3.8) is 0 Å². The van der Waals surface area contributed by atoms with E-state index < -0.39 is 0 Å². The van der Waals surface area contributed by atoms with Crippen LogP contribution in [0, 0.1) is 6.92 Å². The first-order valence-electron chi connectivity index (χ1n) is 8.50. The molecule has 1 saturated carbocycles. The molecule has 0 bridgehead atoms. The largest absolute Gasteiger partial charge is 0.334 e. The van der Waals surface area contributed by atoms with Gasteiger partial charge in [0.15, 0.2) is 0 Å². The molecule has 0 unspecified atom stereocenters. The molecule has 22 heavy (non-hydrogen) atoms. The van der Waals surface area contributed by atoms with Crippen molar-refractivity contribution in [2.75, 3.05) is 20.1 Å². The topological polar surface area (TPSA) is 36.4 Å². The minimum absolute atomic E-state index is 0.175. The average Bonchev–Trinajstić information content (AvgIpc) is 3.06. The van der Waals surface area contributed by atoms with E-state index in [1.54, 1.807) is 5.51 Å². The molecule has 2 heterocycles. The zero-order valence-corrected chi connectivity index (χ0v) is 14.8. The van der Waals surface area contributed by atoms with Crippen molar-refractivity contribution in [3.8, 4) is 0 Å². The molecule has 5 heteroatoms. The number of aromatic nitrogens is 1. The Hall–Kier alpha value is -0.940. The standard InChI is InChI=1S/C17H27N3OS/c1-4-20(16(21)15-13(2)18-12-22-15)14-10-17(19(3)11-14)8-6-5-7-9-17/h12,14H,4-11H2,1-3H3/t14-/m1/s1. The van der Waals surface area contributed by atoms with Gasteiger partial charge in [-0.1, -0.05) is 19.3 Å². The number of nitrogens with zero attached hydrogens (tertiary/aromatic N) is 3. The summed E-state index contributed by atoms with van der Waals surface area (Å²) in [6, 6.07) is 0.349. The van der Waals surface area contributed by atoms with Crippen LogP contribution >= 0.6 is 11.3 Å². The van der Waals surface area contributed by atoms with E-state index >= 15 is 0 Å². The lowest BCUT2D eigenvalue weighted by molar-refractivity contribution is 0.0698. The summed E-state index contributed by atoms with van der Waals surface area (Å²) >= 11 is 1.47. The molecule has 1 saturated heterocycles. The van der Waals surface area contributed by atoms with Gasteiger partial charge in [-0.05, 0) is 40.2 Å². The Bertz CT molecular complexity index is 536. The fourth-order valence-corrected chi connectivity index (χ4v) is 5.14. The Labute approximate surface area is 137 Å². The first kappa shape index (κ1) is 15.9. The molecular formula is C17H27N3OS. The lowest BCUT2D eigenvalue weighted by atomic mass is 9.79. The zero-order valence-electron chi connectivity index (χ0n) is 14.0. The van der Waals surface area contributed by atoms with Gasteiger partial charge >= 0.3 is 0 Å². The Morgan fingerprint density at radius 3 is 2.77 bits per heavy atom. The van der Waals surface area contributed by atoms with Crippen molar-refractivity contribution >= 4 is 17.2 Å². The number of thiazole rings is 1. The maximum atomic E-state index is 12.9. The minimum atomic E-state index is 0.175. The summed E-state index contributed by atoms with van der Waals surface area (Å²) in [5, 5.41) is 0. The van der Waals surface area contributed by atoms with Gasteiger partial charge in [0.05, 0.1) is 11.2 Å². The smallest absolute Gasteiger partial charge is 0.266 e. The van der Waals surface area contributed by atoms with Crippen LogP contribution in [0.15, 0.2) is 5.51 Å². The van der Waals surface area contributed by atoms with E-state index in [9.17, 15) is 4.79 Å². The minimum Gasteiger partial charge on any atom is -0.334 e. The number of hydrogen-bond acceptors (Lipinski definition) is 4. The van der Waals surface area contributed by atoms with E-state index in [0.29, 0.717) is 11.6 Å². The molecule has 1 atom stereocenters. The summed E-state index contributed by atoms with van der Waals surface area (Å²) in [5.74, 6) is 0.175. The predicted octanol–water partition coefficient (Wildman–Crippen LogP) is 3.32. The van der Waals surface area contributed by atoms with E-state index in [2.05, 4.69) is 28.8 Å². The fraction of sp³-hybridized carbons (Fsp3) is 0.765. The van der Waals surface area contributed by atoms with Crippen LogP contribution in [0.5, 0.6) is 0 Å². The van der Waals surface area contributed by atoms with Crippen LogP contribution in [0.25, 0.3) is 0 Å². The van der Waals surface area contributed by atoms with Crippen molar-refractivity contribution in [1.29, 1.82) is 0 Å². The maximum Gasteiger partial charge on any atom is 0.266 e. The molecule has 2 aliphatic rings. The third kappa shape index (κ3) is 2.69. The van der Waals surface area contributed by atoms with Crippen LogP contribution in [-0.4, -0.2) is 52.4 Å². The molecule has 0 radical (unpaired) electrons. The second kappa shape index (κ2) is 6.28. The van der Waals surface area contributed by atoms with E-state index in [-0.39, 0.29) is 5.91 Å². The zero-order chi connectivity index (χ0) is 15.7. The number of amides is 1. The molecule has 3 rings (SSSR count). The highest BCUT2D eigenvalue weighted by atomic mass is 32.1. The SMILES string of the molecule is CCN(C(=O)c1scnc1C)[C@H]1CN(C)C2(CCCCC2)C1. The van der Waals surface area contributed by atoms with E-state index in [1.807, 2.05) is 6.92 Å². The highest BCUT2D eigenvalue weighted by Gasteiger charge is 2.46. The number of likely N-dealkylation sites (N-methyl/N-ethyl adjacent to an activating group) is 2. The highest BCUT2D eigenvalue weighted by Crippen LogP contribution is 2.42. The van der Waals surface area contributed by atoms with Crippen LogP contribution in [-0.2, 0) is 0 Å². The Kier molecular flexibility index (Phi) is 4.55. The molecule has 1 amide bonds. The van der Waals surface area contributed by atoms with Gasteiger partial charge in [0.25, 0.3) is 5.91 Å². The quantitative estimate of drug-likeness (QED) is 0.857. The normalized spacial score (nSPS) is 24.8. The molecule has 1 aromatic rings. The van der Waals surface area contributed by atoms with Crippen LogP contribution < -0.4 is 0 Å². The Balaban J connectivity index is 1.77. The van der Waals surface area contributed by atoms with Gasteiger partial charge in [0, 0.05) is 24.7 Å². The number of aryl methyl sites for hydroxylation is 1. The van der Waals surface area contributed by atoms with Gasteiger partial charge in [0.2, 0.25) is 0 Å². The highest BCUT2D eigenvalue weighted by molar-refractivity contribution is 7.11. The van der Waals surface area contributed by atoms with Crippen molar-refractivity contribution in [3.05, 3.63) is 16.1 Å². The van der Waals surface area contributed by atoms with Gasteiger partial charge in [-0.15, -0.1) is 11.3 Å². The van der Waals surface area contributed by atoms with E-state index in [1.165, 1.54) is 43.4 Å². The van der Waals surface area contributed by atoms with Crippen molar-refractivity contribution in [2.45, 2.75) is 64.0 Å². The monoisotopic (exact) mass is 321 g/mol. The Morgan fingerprint density at radius 2 is 2.18 bits per heavy atom. The number of rotatable bonds is 3. The summed E-state index contributed by atoms with van der Waals surface area (Å²) in [4.78, 5) is 22.6. The van der Waals surface area contributed by atoms with Crippen LogP contribution in [0.2, 0.25) is 0 Å². The van der Waals surface area contributed by atoms with E-state index in [4.69, 9.17) is 0 Å². The lowest BCUT2D eigenvalue weighted by Crippen LogP contribution is -2.42. The van der Waals surface area contributed by atoms with Gasteiger partial charge in [-0.2, -0.15) is 0 Å². The van der Waals surface area contributed by atoms with Gasteiger partial charge in [-0.3, -0.25) is 9.69 Å². The molecule has 1 spiro atoms. The third-order valence-corrected chi connectivity index (χ3v) is 6.59. The molecule has 0 N–H and O–H groups in total. The van der Waals surface area contributed by atoms with Gasteiger partial charge < -0.3 is 4.90 Å². The van der Waals surface area contributed by atoms with Crippen molar-refractivity contribution < 1.29 is 4.79 Å². The maximum absolute atomic E-state index is 12.9. The predicted molar refractivity (Wildman–Crippen MR) is 90.4 cm³/mol. The lowest BCUT2D eigenvalue weighted by Gasteiger charge is -2.39. The van der Waals surface area contributed by atoms with Crippen LogP contribution in [0.4, 0.5) is 0 Å². The summed E-state index contributed by atoms with van der Waals surface area (Å²) in [6.45, 7) is 5.82. The summed E-state index contributed by atoms with van der Waals surface area (Å²) in [6.07, 6.45) is 7.78. The Morgan fingerprint density at radius 1 is 1.45 bits per heavy atom. The molecule has 1 aromatic heterocycles. The molecule has 0 aromatic carbocycles. The molecule has 2 fully saturated rings. The molecule has 1 aliphatic carbocycles. The number of carbonyl (C=O) groups excluding carboxylic acids is 1. The third-order valence-electron chi connectivity index (χ3n) is 5.68. The first-order valence-corrected chi connectivity index (χ1v) is 9.37. The number of likely N-dealkylation sites (tertiary alicyclic amines) is 1. The molecule has 4 nitrogen and oxygen atoms in total. The fourth-order valence-electron chi connectivity index (χ4n) is 4.38. The van der Waals surface area contributed by atoms with Gasteiger partial charge in [-0.25, -0.2) is 4.98 Å². The van der Waals surface area contributed by atoms with Crippen molar-refractivity contribution in [2.24, 2.45) is 0 Å². The average molecular weight is 321 g/mol. The van der Waals surface area contributed by atoms with Crippen LogP contribution in [0.3, 0.4) is 0 Å². The molecular weight excluding hydrogens is 294 g/mol. The molecule has 1 aliphatic heterocycles. The van der Waals surface area contributed by atoms with Gasteiger partial charge in [0.1, 0.15) is 4.88 Å². The summed E-state index contributed by atoms with van der Waals surface area (Å²) in [7, 11) is 2.25. The summed E-state index contributed by atoms with van der Waals surface area (Å²) < 4.78 is 0. The number of hydrogen-bond donors (Lipinski definition) is 0. The second-order valence-electron chi connectivity index (χ2n) is 6.88.